The smallest absolute Gasteiger partial charge is 0.252 e. The van der Waals surface area contributed by atoms with Gasteiger partial charge in [0.05, 0.1) is 18.8 Å². The van der Waals surface area contributed by atoms with Gasteiger partial charge in [0, 0.05) is 68.9 Å². The van der Waals surface area contributed by atoms with Crippen LogP contribution in [0, 0.1) is 0 Å². The van der Waals surface area contributed by atoms with E-state index in [9.17, 15) is 9.59 Å². The van der Waals surface area contributed by atoms with Crippen LogP contribution in [0.25, 0.3) is 11.1 Å². The topological polar surface area (TPSA) is 87.7 Å². The van der Waals surface area contributed by atoms with Crippen LogP contribution in [0.1, 0.15) is 29.6 Å². The lowest BCUT2D eigenvalue weighted by atomic mass is 10.1. The lowest BCUT2D eigenvalue weighted by Gasteiger charge is -2.27. The first-order chi connectivity index (χ1) is 14.7. The standard InChI is InChI=1S/C22H27N5O3/c28-21-3-1-7-27(21)8-2-6-24-22(29)19-13-18(14-23-15-19)17-4-5-20(25-16-17)26-9-11-30-12-10-26/h4-5,13-16H,1-3,6-12H2,(H,24,29). The number of nitrogens with one attached hydrogen (secondary N) is 1. The van der Waals surface area contributed by atoms with Crippen LogP contribution in [-0.4, -0.2) is 72.6 Å². The molecule has 2 aromatic heterocycles. The summed E-state index contributed by atoms with van der Waals surface area (Å²) in [6.45, 7) is 5.18. The van der Waals surface area contributed by atoms with Gasteiger partial charge < -0.3 is 19.9 Å². The van der Waals surface area contributed by atoms with E-state index in [1.807, 2.05) is 29.3 Å². The maximum atomic E-state index is 12.5. The molecule has 2 amide bonds. The monoisotopic (exact) mass is 409 g/mol. The van der Waals surface area contributed by atoms with Gasteiger partial charge >= 0.3 is 0 Å². The molecular weight excluding hydrogens is 382 g/mol. The van der Waals surface area contributed by atoms with Gasteiger partial charge in [0.15, 0.2) is 0 Å². The number of aromatic nitrogens is 2. The summed E-state index contributed by atoms with van der Waals surface area (Å²) >= 11 is 0. The Balaban J connectivity index is 1.32. The van der Waals surface area contributed by atoms with Crippen molar-refractivity contribution in [1.29, 1.82) is 0 Å². The number of nitrogens with zero attached hydrogens (tertiary/aromatic N) is 4. The van der Waals surface area contributed by atoms with Crippen LogP contribution in [0.2, 0.25) is 0 Å². The molecule has 2 aromatic rings. The molecule has 0 atom stereocenters. The molecule has 0 spiro atoms. The number of hydrogen-bond donors (Lipinski definition) is 1. The van der Waals surface area contributed by atoms with E-state index in [-0.39, 0.29) is 11.8 Å². The van der Waals surface area contributed by atoms with Gasteiger partial charge in [-0.15, -0.1) is 0 Å². The van der Waals surface area contributed by atoms with Crippen molar-refractivity contribution < 1.29 is 14.3 Å². The summed E-state index contributed by atoms with van der Waals surface area (Å²) in [5.74, 6) is 0.988. The number of pyridine rings is 2. The molecule has 8 heteroatoms. The molecule has 0 radical (unpaired) electrons. The molecule has 8 nitrogen and oxygen atoms in total. The maximum Gasteiger partial charge on any atom is 0.252 e. The van der Waals surface area contributed by atoms with Crippen LogP contribution in [0.4, 0.5) is 5.82 Å². The molecule has 0 aromatic carbocycles. The Morgan fingerprint density at radius 1 is 1.10 bits per heavy atom. The summed E-state index contributed by atoms with van der Waals surface area (Å²) in [5.41, 5.74) is 2.29. The zero-order valence-electron chi connectivity index (χ0n) is 17.0. The average Bonchev–Trinajstić information content (AvgIpc) is 3.22. The second-order valence-corrected chi connectivity index (χ2v) is 7.56. The summed E-state index contributed by atoms with van der Waals surface area (Å²) in [7, 11) is 0. The fourth-order valence-corrected chi connectivity index (χ4v) is 3.77. The Morgan fingerprint density at radius 3 is 2.70 bits per heavy atom. The molecule has 4 heterocycles. The average molecular weight is 409 g/mol. The Morgan fingerprint density at radius 2 is 1.97 bits per heavy atom. The van der Waals surface area contributed by atoms with Gasteiger partial charge in [-0.25, -0.2) is 4.98 Å². The highest BCUT2D eigenvalue weighted by Crippen LogP contribution is 2.21. The van der Waals surface area contributed by atoms with Crippen molar-refractivity contribution in [3.63, 3.8) is 0 Å². The van der Waals surface area contributed by atoms with E-state index < -0.39 is 0 Å². The van der Waals surface area contributed by atoms with Crippen LogP contribution >= 0.6 is 0 Å². The Kier molecular flexibility index (Phi) is 6.53. The molecule has 0 unspecified atom stereocenters. The Bertz CT molecular complexity index is 881. The first-order valence-corrected chi connectivity index (χ1v) is 10.5. The highest BCUT2D eigenvalue weighted by atomic mass is 16.5. The van der Waals surface area contributed by atoms with Gasteiger partial charge in [0.25, 0.3) is 5.91 Å². The minimum atomic E-state index is -0.157. The summed E-state index contributed by atoms with van der Waals surface area (Å²) in [5, 5.41) is 2.92. The lowest BCUT2D eigenvalue weighted by molar-refractivity contribution is -0.127. The van der Waals surface area contributed by atoms with Crippen molar-refractivity contribution in [3.8, 4) is 11.1 Å². The van der Waals surface area contributed by atoms with Crippen molar-refractivity contribution in [2.24, 2.45) is 0 Å². The first kappa shape index (κ1) is 20.3. The largest absolute Gasteiger partial charge is 0.378 e. The van der Waals surface area contributed by atoms with Crippen LogP contribution in [0.15, 0.2) is 36.8 Å². The minimum absolute atomic E-state index is 0.157. The van der Waals surface area contributed by atoms with Crippen molar-refractivity contribution in [3.05, 3.63) is 42.4 Å². The molecule has 30 heavy (non-hydrogen) atoms. The highest BCUT2D eigenvalue weighted by Gasteiger charge is 2.19. The number of rotatable bonds is 7. The van der Waals surface area contributed by atoms with Crippen molar-refractivity contribution in [2.45, 2.75) is 19.3 Å². The normalized spacial score (nSPS) is 16.7. The van der Waals surface area contributed by atoms with E-state index in [4.69, 9.17) is 4.74 Å². The number of hydrogen-bond acceptors (Lipinski definition) is 6. The quantitative estimate of drug-likeness (QED) is 0.701. The summed E-state index contributed by atoms with van der Waals surface area (Å²) in [6.07, 6.45) is 7.45. The Hall–Kier alpha value is -3.00. The van der Waals surface area contributed by atoms with Crippen molar-refractivity contribution in [2.75, 3.05) is 50.8 Å². The van der Waals surface area contributed by atoms with Gasteiger partial charge in [-0.1, -0.05) is 0 Å². The fraction of sp³-hybridized carbons (Fsp3) is 0.455. The van der Waals surface area contributed by atoms with Crippen molar-refractivity contribution >= 4 is 17.6 Å². The number of ether oxygens (including phenoxy) is 1. The molecule has 158 valence electrons. The predicted octanol–water partition coefficient (Wildman–Crippen LogP) is 1.72. The van der Waals surface area contributed by atoms with E-state index in [1.54, 1.807) is 12.4 Å². The van der Waals surface area contributed by atoms with E-state index in [2.05, 4.69) is 20.2 Å². The maximum absolute atomic E-state index is 12.5. The molecule has 0 aliphatic carbocycles. The number of morpholine rings is 1. The first-order valence-electron chi connectivity index (χ1n) is 10.5. The molecule has 0 saturated carbocycles. The molecule has 2 fully saturated rings. The zero-order chi connectivity index (χ0) is 20.8. The number of likely N-dealkylation sites (tertiary alicyclic amines) is 1. The van der Waals surface area contributed by atoms with Gasteiger partial charge in [0.1, 0.15) is 5.82 Å². The fourth-order valence-electron chi connectivity index (χ4n) is 3.77. The molecule has 2 aliphatic heterocycles. The number of carbonyl (C=O) groups is 2. The zero-order valence-corrected chi connectivity index (χ0v) is 17.0. The van der Waals surface area contributed by atoms with E-state index >= 15 is 0 Å². The second-order valence-electron chi connectivity index (χ2n) is 7.56. The molecule has 2 saturated heterocycles. The van der Waals surface area contributed by atoms with E-state index in [1.165, 1.54) is 0 Å². The Labute approximate surface area is 176 Å². The van der Waals surface area contributed by atoms with E-state index in [0.717, 1.165) is 62.6 Å². The van der Waals surface area contributed by atoms with Gasteiger partial charge in [-0.2, -0.15) is 0 Å². The number of amides is 2. The molecular formula is C22H27N5O3. The van der Waals surface area contributed by atoms with Gasteiger partial charge in [-0.05, 0) is 31.0 Å². The summed E-state index contributed by atoms with van der Waals surface area (Å²) in [4.78, 5) is 37.0. The predicted molar refractivity (Wildman–Crippen MR) is 113 cm³/mol. The van der Waals surface area contributed by atoms with Crippen molar-refractivity contribution in [1.82, 2.24) is 20.2 Å². The third-order valence-electron chi connectivity index (χ3n) is 5.48. The molecule has 2 aliphatic rings. The van der Waals surface area contributed by atoms with Crippen LogP contribution < -0.4 is 10.2 Å². The summed E-state index contributed by atoms with van der Waals surface area (Å²) < 4.78 is 5.38. The van der Waals surface area contributed by atoms with Crippen LogP contribution in [0.3, 0.4) is 0 Å². The van der Waals surface area contributed by atoms with Gasteiger partial charge in [-0.3, -0.25) is 14.6 Å². The lowest BCUT2D eigenvalue weighted by Crippen LogP contribution is -2.36. The number of anilines is 1. The third-order valence-corrected chi connectivity index (χ3v) is 5.48. The highest BCUT2D eigenvalue weighted by molar-refractivity contribution is 5.95. The minimum Gasteiger partial charge on any atom is -0.378 e. The second kappa shape index (κ2) is 9.67. The third kappa shape index (κ3) is 4.94. The molecule has 1 N–H and O–H groups in total. The van der Waals surface area contributed by atoms with E-state index in [0.29, 0.717) is 25.1 Å². The van der Waals surface area contributed by atoms with Gasteiger partial charge in [0.2, 0.25) is 5.91 Å². The van der Waals surface area contributed by atoms with Crippen LogP contribution in [-0.2, 0) is 9.53 Å². The molecule has 4 rings (SSSR count). The van der Waals surface area contributed by atoms with Crippen LogP contribution in [0.5, 0.6) is 0 Å². The number of carbonyl (C=O) groups excluding carboxylic acids is 2. The molecule has 0 bridgehead atoms. The SMILES string of the molecule is O=C(NCCCN1CCCC1=O)c1cncc(-c2ccc(N3CCOCC3)nc2)c1. The summed E-state index contributed by atoms with van der Waals surface area (Å²) in [6, 6.07) is 5.83.